The van der Waals surface area contributed by atoms with Crippen molar-refractivity contribution in [3.63, 3.8) is 0 Å². The zero-order chi connectivity index (χ0) is 13.0. The molecule has 0 bridgehead atoms. The molecule has 0 fully saturated rings. The van der Waals surface area contributed by atoms with Crippen LogP contribution in [0.5, 0.6) is 5.88 Å². The molecule has 0 unspecified atom stereocenters. The van der Waals surface area contributed by atoms with Crippen LogP contribution in [0.25, 0.3) is 0 Å². The van der Waals surface area contributed by atoms with Crippen LogP contribution in [0.15, 0.2) is 47.6 Å². The summed E-state index contributed by atoms with van der Waals surface area (Å²) < 4.78 is 31.2. The van der Waals surface area contributed by atoms with Crippen LogP contribution >= 0.6 is 0 Å². The number of nitrogens with zero attached hydrogens (tertiary/aromatic N) is 2. The molecule has 0 spiro atoms. The van der Waals surface area contributed by atoms with E-state index in [1.165, 1.54) is 31.6 Å². The molecule has 0 radical (unpaired) electrons. The number of hydrogen-bond acceptors (Lipinski definition) is 5. The Kier molecular flexibility index (Phi) is 3.42. The lowest BCUT2D eigenvalue weighted by molar-refractivity contribution is 0.397. The van der Waals surface area contributed by atoms with Crippen LogP contribution in [0.2, 0.25) is 0 Å². The van der Waals surface area contributed by atoms with Gasteiger partial charge in [-0.25, -0.2) is 18.4 Å². The van der Waals surface area contributed by atoms with E-state index in [2.05, 4.69) is 14.7 Å². The second-order valence-electron chi connectivity index (χ2n) is 3.36. The maximum Gasteiger partial charge on any atom is 0.263 e. The van der Waals surface area contributed by atoms with Crippen molar-refractivity contribution < 1.29 is 13.2 Å². The van der Waals surface area contributed by atoms with E-state index in [0.29, 0.717) is 0 Å². The quantitative estimate of drug-likeness (QED) is 0.900. The zero-order valence-corrected chi connectivity index (χ0v) is 10.4. The third-order valence-electron chi connectivity index (χ3n) is 2.14. The Morgan fingerprint density at radius 1 is 1.17 bits per heavy atom. The van der Waals surface area contributed by atoms with Crippen molar-refractivity contribution in [2.45, 2.75) is 4.90 Å². The average Bonchev–Trinajstić information content (AvgIpc) is 2.39. The van der Waals surface area contributed by atoms with Gasteiger partial charge in [0.2, 0.25) is 5.88 Å². The Morgan fingerprint density at radius 2 is 1.89 bits per heavy atom. The molecule has 7 heteroatoms. The van der Waals surface area contributed by atoms with E-state index in [1.54, 1.807) is 18.2 Å². The highest BCUT2D eigenvalue weighted by molar-refractivity contribution is 7.92. The molecule has 1 aromatic carbocycles. The molecule has 1 N–H and O–H groups in total. The Bertz CT molecular complexity index is 629. The van der Waals surface area contributed by atoms with Gasteiger partial charge in [-0.05, 0) is 12.1 Å². The summed E-state index contributed by atoms with van der Waals surface area (Å²) in [6.45, 7) is 0. The molecule has 94 valence electrons. The molecule has 2 rings (SSSR count). The minimum Gasteiger partial charge on any atom is -0.481 e. The normalized spacial score (nSPS) is 10.9. The van der Waals surface area contributed by atoms with Crippen LogP contribution in [-0.4, -0.2) is 25.5 Å². The van der Waals surface area contributed by atoms with Gasteiger partial charge in [0.05, 0.1) is 12.0 Å². The molecule has 0 amide bonds. The molecule has 0 aliphatic carbocycles. The lowest BCUT2D eigenvalue weighted by atomic mass is 10.4. The Morgan fingerprint density at radius 3 is 2.56 bits per heavy atom. The molecule has 0 saturated carbocycles. The smallest absolute Gasteiger partial charge is 0.263 e. The van der Waals surface area contributed by atoms with Crippen molar-refractivity contribution >= 4 is 15.8 Å². The van der Waals surface area contributed by atoms with E-state index in [-0.39, 0.29) is 16.6 Å². The molecular weight excluding hydrogens is 254 g/mol. The van der Waals surface area contributed by atoms with E-state index in [0.717, 1.165) is 0 Å². The fourth-order valence-electron chi connectivity index (χ4n) is 1.30. The molecule has 0 atom stereocenters. The van der Waals surface area contributed by atoms with Gasteiger partial charge >= 0.3 is 0 Å². The second-order valence-corrected chi connectivity index (χ2v) is 5.05. The maximum atomic E-state index is 12.0. The monoisotopic (exact) mass is 265 g/mol. The third kappa shape index (κ3) is 2.75. The van der Waals surface area contributed by atoms with Gasteiger partial charge in [0.15, 0.2) is 0 Å². The number of rotatable bonds is 4. The van der Waals surface area contributed by atoms with Crippen LogP contribution in [-0.2, 0) is 10.0 Å². The van der Waals surface area contributed by atoms with E-state index in [1.807, 2.05) is 0 Å². The van der Waals surface area contributed by atoms with Crippen LogP contribution < -0.4 is 9.46 Å². The summed E-state index contributed by atoms with van der Waals surface area (Å²) in [7, 11) is -2.19. The standard InChI is InChI=1S/C11H11N3O3S/c1-17-11-7-10(12-8-13-11)14-18(15,16)9-5-3-2-4-6-9/h2-8H,1H3,(H,12,13,14). The molecule has 0 aliphatic rings. The summed E-state index contributed by atoms with van der Waals surface area (Å²) in [5.41, 5.74) is 0. The lowest BCUT2D eigenvalue weighted by Crippen LogP contribution is -2.13. The minimum absolute atomic E-state index is 0.158. The maximum absolute atomic E-state index is 12.0. The molecular formula is C11H11N3O3S. The van der Waals surface area contributed by atoms with E-state index in [4.69, 9.17) is 4.74 Å². The van der Waals surface area contributed by atoms with Crippen LogP contribution in [0.4, 0.5) is 5.82 Å². The molecule has 0 saturated heterocycles. The van der Waals surface area contributed by atoms with Gasteiger partial charge in [-0.15, -0.1) is 0 Å². The number of hydrogen-bond donors (Lipinski definition) is 1. The summed E-state index contributed by atoms with van der Waals surface area (Å²) in [6.07, 6.45) is 1.22. The summed E-state index contributed by atoms with van der Waals surface area (Å²) in [4.78, 5) is 7.78. The number of benzene rings is 1. The van der Waals surface area contributed by atoms with Crippen molar-refractivity contribution in [1.29, 1.82) is 0 Å². The summed E-state index contributed by atoms with van der Waals surface area (Å²) in [6, 6.07) is 9.44. The number of aromatic nitrogens is 2. The first-order valence-electron chi connectivity index (χ1n) is 5.06. The van der Waals surface area contributed by atoms with Gasteiger partial charge in [-0.3, -0.25) is 4.72 Å². The van der Waals surface area contributed by atoms with Crippen LogP contribution in [0.1, 0.15) is 0 Å². The Balaban J connectivity index is 2.28. The van der Waals surface area contributed by atoms with Gasteiger partial charge < -0.3 is 4.74 Å². The molecule has 1 heterocycles. The molecule has 18 heavy (non-hydrogen) atoms. The van der Waals surface area contributed by atoms with Gasteiger partial charge in [0.25, 0.3) is 10.0 Å². The average molecular weight is 265 g/mol. The molecule has 2 aromatic rings. The highest BCUT2D eigenvalue weighted by atomic mass is 32.2. The summed E-state index contributed by atoms with van der Waals surface area (Å²) in [5, 5.41) is 0. The van der Waals surface area contributed by atoms with Gasteiger partial charge in [0, 0.05) is 6.07 Å². The van der Waals surface area contributed by atoms with Crippen molar-refractivity contribution in [2.75, 3.05) is 11.8 Å². The van der Waals surface area contributed by atoms with E-state index < -0.39 is 10.0 Å². The number of nitrogens with one attached hydrogen (secondary N) is 1. The van der Waals surface area contributed by atoms with Gasteiger partial charge in [-0.2, -0.15) is 0 Å². The molecule has 0 aliphatic heterocycles. The first-order chi connectivity index (χ1) is 8.62. The molecule has 1 aromatic heterocycles. The van der Waals surface area contributed by atoms with Gasteiger partial charge in [-0.1, -0.05) is 18.2 Å². The Hall–Kier alpha value is -2.15. The zero-order valence-electron chi connectivity index (χ0n) is 9.57. The van der Waals surface area contributed by atoms with Crippen molar-refractivity contribution in [2.24, 2.45) is 0 Å². The van der Waals surface area contributed by atoms with Crippen molar-refractivity contribution in [3.05, 3.63) is 42.7 Å². The SMILES string of the molecule is COc1cc(NS(=O)(=O)c2ccccc2)ncn1. The highest BCUT2D eigenvalue weighted by Crippen LogP contribution is 2.16. The highest BCUT2D eigenvalue weighted by Gasteiger charge is 2.14. The minimum atomic E-state index is -3.63. The fourth-order valence-corrected chi connectivity index (χ4v) is 2.32. The summed E-state index contributed by atoms with van der Waals surface area (Å²) in [5.74, 6) is 0.446. The predicted octanol–water partition coefficient (Wildman–Crippen LogP) is 1.29. The Labute approximate surface area is 105 Å². The van der Waals surface area contributed by atoms with Gasteiger partial charge in [0.1, 0.15) is 12.1 Å². The fraction of sp³-hybridized carbons (Fsp3) is 0.0909. The van der Waals surface area contributed by atoms with Crippen molar-refractivity contribution in [1.82, 2.24) is 9.97 Å². The number of anilines is 1. The lowest BCUT2D eigenvalue weighted by Gasteiger charge is -2.07. The first-order valence-corrected chi connectivity index (χ1v) is 6.54. The third-order valence-corrected chi connectivity index (χ3v) is 3.51. The van der Waals surface area contributed by atoms with E-state index in [9.17, 15) is 8.42 Å². The van der Waals surface area contributed by atoms with Crippen LogP contribution in [0, 0.1) is 0 Å². The summed E-state index contributed by atoms with van der Waals surface area (Å²) >= 11 is 0. The number of ether oxygens (including phenoxy) is 1. The topological polar surface area (TPSA) is 81.2 Å². The largest absolute Gasteiger partial charge is 0.481 e. The van der Waals surface area contributed by atoms with Crippen molar-refractivity contribution in [3.8, 4) is 5.88 Å². The molecule has 6 nitrogen and oxygen atoms in total. The first kappa shape index (κ1) is 12.3. The number of sulfonamides is 1. The predicted molar refractivity (Wildman–Crippen MR) is 65.8 cm³/mol. The second kappa shape index (κ2) is 5.01. The van der Waals surface area contributed by atoms with Crippen LogP contribution in [0.3, 0.4) is 0 Å². The number of methoxy groups -OCH3 is 1. The van der Waals surface area contributed by atoms with E-state index >= 15 is 0 Å².